The van der Waals surface area contributed by atoms with Gasteiger partial charge in [0.1, 0.15) is 17.7 Å². The number of nitriles is 2. The van der Waals surface area contributed by atoms with Gasteiger partial charge in [-0.1, -0.05) is 18.2 Å². The molecule has 4 bridgehead atoms. The lowest BCUT2D eigenvalue weighted by Crippen LogP contribution is -2.48. The van der Waals surface area contributed by atoms with E-state index in [4.69, 9.17) is 9.47 Å². The van der Waals surface area contributed by atoms with E-state index in [2.05, 4.69) is 17.1 Å². The molecule has 5 nitrogen and oxygen atoms in total. The molecule has 0 aromatic rings. The van der Waals surface area contributed by atoms with Gasteiger partial charge >= 0.3 is 0 Å². The predicted molar refractivity (Wildman–Crippen MR) is 62.4 cm³/mol. The molecule has 0 saturated heterocycles. The van der Waals surface area contributed by atoms with Crippen LogP contribution in [-0.4, -0.2) is 30.3 Å². The zero-order chi connectivity index (χ0) is 13.0. The minimum Gasteiger partial charge on any atom is -0.483 e. The third-order valence-corrected chi connectivity index (χ3v) is 3.92. The topological polar surface area (TPSA) is 78.4 Å². The zero-order valence-corrected chi connectivity index (χ0v) is 10.0. The van der Waals surface area contributed by atoms with Crippen LogP contribution in [0.2, 0.25) is 0 Å². The Labute approximate surface area is 105 Å². The smallest absolute Gasteiger partial charge is 0.212 e. The van der Waals surface area contributed by atoms with Crippen LogP contribution in [0.5, 0.6) is 0 Å². The second-order valence-electron chi connectivity index (χ2n) is 4.83. The molecule has 4 aliphatic rings. The molecule has 0 aliphatic carbocycles. The molecule has 0 N–H and O–H groups in total. The molecule has 18 heavy (non-hydrogen) atoms. The van der Waals surface area contributed by atoms with Gasteiger partial charge < -0.3 is 9.47 Å². The highest BCUT2D eigenvalue weighted by Gasteiger charge is 2.63. The Morgan fingerprint density at radius 2 is 2.11 bits per heavy atom. The molecular formula is C13H11N3O2. The number of hydrogen-bond acceptors (Lipinski definition) is 5. The van der Waals surface area contributed by atoms with Crippen molar-refractivity contribution in [2.75, 3.05) is 7.11 Å². The summed E-state index contributed by atoms with van der Waals surface area (Å²) in [6, 6.07) is 4.37. The van der Waals surface area contributed by atoms with Crippen molar-refractivity contribution in [2.24, 2.45) is 10.4 Å². The summed E-state index contributed by atoms with van der Waals surface area (Å²) in [5.41, 5.74) is -3.10. The van der Waals surface area contributed by atoms with Crippen molar-refractivity contribution in [1.82, 2.24) is 0 Å². The first kappa shape index (κ1) is 11.0. The molecule has 0 aromatic carbocycles. The minimum absolute atomic E-state index is 0.307. The van der Waals surface area contributed by atoms with Crippen LogP contribution < -0.4 is 0 Å². The van der Waals surface area contributed by atoms with E-state index < -0.39 is 22.7 Å². The van der Waals surface area contributed by atoms with Crippen LogP contribution in [-0.2, 0) is 9.47 Å². The third-order valence-electron chi connectivity index (χ3n) is 3.92. The Balaban J connectivity index is 2.31. The van der Waals surface area contributed by atoms with E-state index in [0.717, 1.165) is 0 Å². The molecule has 0 saturated carbocycles. The Bertz CT molecular complexity index is 594. The molecule has 0 radical (unpaired) electrons. The van der Waals surface area contributed by atoms with Gasteiger partial charge in [-0.2, -0.15) is 10.5 Å². The summed E-state index contributed by atoms with van der Waals surface area (Å²) in [5, 5.41) is 18.9. The summed E-state index contributed by atoms with van der Waals surface area (Å²) >= 11 is 0. The fourth-order valence-electron chi connectivity index (χ4n) is 2.70. The normalized spacial score (nSPS) is 47.1. The highest BCUT2D eigenvalue weighted by atomic mass is 16.5. The molecule has 0 amide bonds. The number of aliphatic imine (C=N–C) groups is 1. The van der Waals surface area contributed by atoms with Gasteiger partial charge in [0.05, 0.1) is 13.2 Å². The number of dihydropyridines is 1. The van der Waals surface area contributed by atoms with Crippen molar-refractivity contribution in [1.29, 1.82) is 10.5 Å². The molecule has 0 unspecified atom stereocenters. The van der Waals surface area contributed by atoms with Crippen LogP contribution in [0.25, 0.3) is 0 Å². The number of ether oxygens (including phenoxy) is 2. The van der Waals surface area contributed by atoms with Gasteiger partial charge in [0.15, 0.2) is 5.41 Å². The quantitative estimate of drug-likeness (QED) is 0.595. The Hall–Kier alpha value is -2.11. The Kier molecular flexibility index (Phi) is 1.84. The van der Waals surface area contributed by atoms with Crippen molar-refractivity contribution >= 4 is 5.90 Å². The number of hydrogen-bond donors (Lipinski definition) is 0. The van der Waals surface area contributed by atoms with E-state index in [-0.39, 0.29) is 0 Å². The first-order chi connectivity index (χ1) is 8.56. The van der Waals surface area contributed by atoms with Crippen molar-refractivity contribution in [3.8, 4) is 12.1 Å². The standard InChI is InChI=1S/C13H11N3O2/c1-11-5-6-12(7-14,10(16-11)17-2)9-3-4-13(11,8-15)18-9/h3-6,9H,1-2H3/t9-,11-,12+,13-/m0/s1. The summed E-state index contributed by atoms with van der Waals surface area (Å²) in [4.78, 5) is 4.45. The summed E-state index contributed by atoms with van der Waals surface area (Å²) in [6.07, 6.45) is 6.42. The van der Waals surface area contributed by atoms with Gasteiger partial charge in [0, 0.05) is 0 Å². The van der Waals surface area contributed by atoms with Crippen LogP contribution in [0, 0.1) is 28.1 Å². The van der Waals surface area contributed by atoms with Crippen molar-refractivity contribution in [2.45, 2.75) is 24.2 Å². The van der Waals surface area contributed by atoms with E-state index in [1.807, 2.05) is 0 Å². The fourth-order valence-corrected chi connectivity index (χ4v) is 2.70. The summed E-state index contributed by atoms with van der Waals surface area (Å²) in [5.74, 6) is 0.307. The van der Waals surface area contributed by atoms with Crippen molar-refractivity contribution < 1.29 is 9.47 Å². The van der Waals surface area contributed by atoms with Gasteiger partial charge in [0.2, 0.25) is 11.5 Å². The van der Waals surface area contributed by atoms with E-state index in [1.165, 1.54) is 7.11 Å². The molecular weight excluding hydrogens is 230 g/mol. The van der Waals surface area contributed by atoms with Gasteiger partial charge in [-0.3, -0.25) is 0 Å². The monoisotopic (exact) mass is 241 g/mol. The molecule has 4 rings (SSSR count). The van der Waals surface area contributed by atoms with Gasteiger partial charge in [-0.05, 0) is 13.0 Å². The summed E-state index contributed by atoms with van der Waals surface area (Å²) in [7, 11) is 1.48. The zero-order valence-electron chi connectivity index (χ0n) is 10.0. The Morgan fingerprint density at radius 1 is 1.33 bits per heavy atom. The fraction of sp³-hybridized carbons (Fsp3) is 0.462. The highest BCUT2D eigenvalue weighted by Crippen LogP contribution is 2.50. The average Bonchev–Trinajstić information content (AvgIpc) is 2.78. The number of nitrogens with zero attached hydrogens (tertiary/aromatic N) is 3. The van der Waals surface area contributed by atoms with Crippen molar-refractivity contribution in [3.05, 3.63) is 24.3 Å². The van der Waals surface area contributed by atoms with Crippen LogP contribution in [0.3, 0.4) is 0 Å². The van der Waals surface area contributed by atoms with Gasteiger partial charge in [-0.25, -0.2) is 4.99 Å². The first-order valence-corrected chi connectivity index (χ1v) is 5.60. The highest BCUT2D eigenvalue weighted by molar-refractivity contribution is 5.91. The lowest BCUT2D eigenvalue weighted by molar-refractivity contribution is -0.0219. The van der Waals surface area contributed by atoms with E-state index >= 15 is 0 Å². The maximum absolute atomic E-state index is 9.49. The van der Waals surface area contributed by atoms with Crippen LogP contribution in [0.15, 0.2) is 29.3 Å². The van der Waals surface area contributed by atoms with Crippen LogP contribution >= 0.6 is 0 Å². The molecule has 4 atom stereocenters. The average molecular weight is 241 g/mol. The maximum Gasteiger partial charge on any atom is 0.212 e. The lowest BCUT2D eigenvalue weighted by atomic mass is 9.74. The SMILES string of the molecule is COC1=N[C@@]2(C)C=C[C@@]1(C#N)[C@@H]1C=C[C@@]2(C#N)O1. The van der Waals surface area contributed by atoms with E-state index in [9.17, 15) is 10.5 Å². The van der Waals surface area contributed by atoms with Crippen molar-refractivity contribution in [3.63, 3.8) is 0 Å². The van der Waals surface area contributed by atoms with Gasteiger partial charge in [0.25, 0.3) is 0 Å². The Morgan fingerprint density at radius 3 is 2.72 bits per heavy atom. The molecule has 4 aliphatic heterocycles. The summed E-state index contributed by atoms with van der Waals surface area (Å²) < 4.78 is 11.1. The molecule has 5 heteroatoms. The predicted octanol–water partition coefficient (Wildman–Crippen LogP) is 1.10. The first-order valence-electron chi connectivity index (χ1n) is 5.60. The lowest BCUT2D eigenvalue weighted by Gasteiger charge is -2.34. The second-order valence-corrected chi connectivity index (χ2v) is 4.83. The van der Waals surface area contributed by atoms with Gasteiger partial charge in [-0.15, -0.1) is 0 Å². The van der Waals surface area contributed by atoms with E-state index in [1.54, 1.807) is 31.2 Å². The maximum atomic E-state index is 9.49. The minimum atomic E-state index is -1.16. The number of methoxy groups -OCH3 is 1. The van der Waals surface area contributed by atoms with Crippen LogP contribution in [0.4, 0.5) is 0 Å². The summed E-state index contributed by atoms with van der Waals surface area (Å²) in [6.45, 7) is 1.80. The molecule has 0 aromatic heterocycles. The number of rotatable bonds is 0. The largest absolute Gasteiger partial charge is 0.483 e. The molecule has 90 valence electrons. The van der Waals surface area contributed by atoms with Crippen LogP contribution in [0.1, 0.15) is 6.92 Å². The molecule has 0 fully saturated rings. The third kappa shape index (κ3) is 0.927. The van der Waals surface area contributed by atoms with E-state index in [0.29, 0.717) is 5.90 Å². The second kappa shape index (κ2) is 3.01. The molecule has 0 spiro atoms. The molecule has 4 heterocycles.